The molecule has 134 valence electrons. The van der Waals surface area contributed by atoms with E-state index in [9.17, 15) is 14.9 Å². The Morgan fingerprint density at radius 3 is 2.48 bits per heavy atom. The van der Waals surface area contributed by atoms with Gasteiger partial charge in [0.05, 0.1) is 12.0 Å². The maximum Gasteiger partial charge on any atom is 0.275 e. The summed E-state index contributed by atoms with van der Waals surface area (Å²) in [5.74, 6) is 0.647. The Morgan fingerprint density at radius 2 is 1.92 bits per heavy atom. The van der Waals surface area contributed by atoms with Gasteiger partial charge in [0.1, 0.15) is 0 Å². The Hall–Kier alpha value is -2.81. The molecule has 9 heteroatoms. The quantitative estimate of drug-likeness (QED) is 0.563. The molecule has 0 saturated carbocycles. The molecule has 1 aromatic carbocycles. The SMILES string of the molecule is CC(C)NC(=O)C[NH+](C)[C@H](C)c1nnc(-c2ccc([N+](=O)[O-])cc2)o1. The van der Waals surface area contributed by atoms with Crippen LogP contribution in [-0.2, 0) is 4.79 Å². The second kappa shape index (κ2) is 7.84. The molecule has 2 atom stereocenters. The number of rotatable bonds is 7. The van der Waals surface area contributed by atoms with Crippen LogP contribution in [-0.4, -0.2) is 40.7 Å². The van der Waals surface area contributed by atoms with Crippen molar-refractivity contribution in [3.63, 3.8) is 0 Å². The molecule has 1 amide bonds. The number of amides is 1. The largest absolute Gasteiger partial charge is 0.415 e. The van der Waals surface area contributed by atoms with Crippen LogP contribution in [0.5, 0.6) is 0 Å². The minimum absolute atomic E-state index is 0.00259. The Labute approximate surface area is 145 Å². The summed E-state index contributed by atoms with van der Waals surface area (Å²) in [6.07, 6.45) is 0. The standard InChI is InChI=1S/C16H21N5O4/c1-10(2)17-14(22)9-20(4)11(3)15-18-19-16(25-15)12-5-7-13(8-6-12)21(23)24/h5-8,10-11H,9H2,1-4H3,(H,17,22)/p+1/t11-/m1/s1. The van der Waals surface area contributed by atoms with Crippen LogP contribution in [0.1, 0.15) is 32.7 Å². The summed E-state index contributed by atoms with van der Waals surface area (Å²) >= 11 is 0. The third kappa shape index (κ3) is 4.83. The van der Waals surface area contributed by atoms with Crippen LogP contribution in [0.2, 0.25) is 0 Å². The summed E-state index contributed by atoms with van der Waals surface area (Å²) in [5, 5.41) is 21.6. The lowest BCUT2D eigenvalue weighted by atomic mass is 10.2. The van der Waals surface area contributed by atoms with Crippen molar-refractivity contribution < 1.29 is 19.0 Å². The number of carbonyl (C=O) groups excluding carboxylic acids is 1. The number of nitro groups is 1. The van der Waals surface area contributed by atoms with Gasteiger partial charge in [-0.1, -0.05) is 0 Å². The molecule has 0 saturated heterocycles. The minimum atomic E-state index is -0.467. The zero-order chi connectivity index (χ0) is 18.6. The second-order valence-electron chi connectivity index (χ2n) is 6.22. The predicted octanol–water partition coefficient (Wildman–Crippen LogP) is 0.745. The highest BCUT2D eigenvalue weighted by atomic mass is 16.6. The van der Waals surface area contributed by atoms with Crippen LogP contribution >= 0.6 is 0 Å². The van der Waals surface area contributed by atoms with Gasteiger partial charge >= 0.3 is 0 Å². The lowest BCUT2D eigenvalue weighted by Crippen LogP contribution is -3.10. The van der Waals surface area contributed by atoms with Gasteiger partial charge in [0.15, 0.2) is 12.6 Å². The van der Waals surface area contributed by atoms with Crippen molar-refractivity contribution in [1.82, 2.24) is 15.5 Å². The number of hydrogen-bond acceptors (Lipinski definition) is 6. The highest BCUT2D eigenvalue weighted by Crippen LogP contribution is 2.22. The minimum Gasteiger partial charge on any atom is -0.415 e. The van der Waals surface area contributed by atoms with Crippen LogP contribution in [0.15, 0.2) is 28.7 Å². The normalized spacial score (nSPS) is 13.5. The average Bonchev–Trinajstić information content (AvgIpc) is 3.03. The summed E-state index contributed by atoms with van der Waals surface area (Å²) < 4.78 is 5.67. The van der Waals surface area contributed by atoms with E-state index in [1.807, 2.05) is 27.8 Å². The number of carbonyl (C=O) groups is 1. The van der Waals surface area contributed by atoms with Crippen LogP contribution in [0.25, 0.3) is 11.5 Å². The molecule has 2 aromatic rings. The molecule has 2 N–H and O–H groups in total. The third-order valence-corrected chi connectivity index (χ3v) is 3.76. The molecule has 0 spiro atoms. The first-order valence-electron chi connectivity index (χ1n) is 7.97. The highest BCUT2D eigenvalue weighted by Gasteiger charge is 2.24. The fourth-order valence-corrected chi connectivity index (χ4v) is 2.24. The van der Waals surface area contributed by atoms with E-state index in [1.54, 1.807) is 12.1 Å². The molecule has 0 aliphatic rings. The van der Waals surface area contributed by atoms with E-state index < -0.39 is 4.92 Å². The van der Waals surface area contributed by atoms with Crippen LogP contribution in [0, 0.1) is 10.1 Å². The molecular weight excluding hydrogens is 326 g/mol. The average molecular weight is 348 g/mol. The van der Waals surface area contributed by atoms with E-state index in [0.29, 0.717) is 11.5 Å². The van der Waals surface area contributed by atoms with Crippen molar-refractivity contribution in [1.29, 1.82) is 0 Å². The van der Waals surface area contributed by atoms with Gasteiger partial charge in [0, 0.05) is 23.7 Å². The van der Waals surface area contributed by atoms with Gasteiger partial charge in [-0.15, -0.1) is 10.2 Å². The maximum atomic E-state index is 11.9. The number of nitrogens with zero attached hydrogens (tertiary/aromatic N) is 3. The van der Waals surface area contributed by atoms with Crippen molar-refractivity contribution in [2.24, 2.45) is 0 Å². The molecule has 25 heavy (non-hydrogen) atoms. The number of nitrogens with one attached hydrogen (secondary N) is 2. The summed E-state index contributed by atoms with van der Waals surface area (Å²) in [6, 6.07) is 5.82. The number of quaternary nitrogens is 1. The second-order valence-corrected chi connectivity index (χ2v) is 6.22. The molecule has 1 heterocycles. The number of non-ortho nitro benzene ring substituents is 1. The fourth-order valence-electron chi connectivity index (χ4n) is 2.24. The molecule has 1 aromatic heterocycles. The number of aromatic nitrogens is 2. The van der Waals surface area contributed by atoms with Gasteiger partial charge in [0.25, 0.3) is 17.5 Å². The molecule has 0 bridgehead atoms. The maximum absolute atomic E-state index is 11.9. The zero-order valence-corrected chi connectivity index (χ0v) is 14.6. The summed E-state index contributed by atoms with van der Waals surface area (Å²) in [7, 11) is 1.88. The Kier molecular flexibility index (Phi) is 5.81. The molecule has 9 nitrogen and oxygen atoms in total. The van der Waals surface area contributed by atoms with E-state index >= 15 is 0 Å². The molecule has 0 aliphatic carbocycles. The van der Waals surface area contributed by atoms with Gasteiger partial charge in [-0.05, 0) is 32.9 Å². The summed E-state index contributed by atoms with van der Waals surface area (Å²) in [4.78, 5) is 23.0. The number of hydrogen-bond donors (Lipinski definition) is 2. The zero-order valence-electron chi connectivity index (χ0n) is 14.6. The van der Waals surface area contributed by atoms with Crippen LogP contribution in [0.4, 0.5) is 5.69 Å². The van der Waals surface area contributed by atoms with E-state index in [2.05, 4.69) is 15.5 Å². The van der Waals surface area contributed by atoms with Gasteiger partial charge in [-0.25, -0.2) is 0 Å². The molecule has 0 fully saturated rings. The van der Waals surface area contributed by atoms with Crippen LogP contribution < -0.4 is 10.2 Å². The Bertz CT molecular complexity index is 741. The van der Waals surface area contributed by atoms with E-state index in [1.165, 1.54) is 12.1 Å². The van der Waals surface area contributed by atoms with Gasteiger partial charge in [-0.3, -0.25) is 14.9 Å². The topological polar surface area (TPSA) is 116 Å². The van der Waals surface area contributed by atoms with Crippen LogP contribution in [0.3, 0.4) is 0 Å². The van der Waals surface area contributed by atoms with Crippen molar-refractivity contribution in [2.45, 2.75) is 32.9 Å². The lowest BCUT2D eigenvalue weighted by molar-refractivity contribution is -0.903. The first-order valence-corrected chi connectivity index (χ1v) is 7.97. The Balaban J connectivity index is 2.06. The third-order valence-electron chi connectivity index (χ3n) is 3.76. The van der Waals surface area contributed by atoms with E-state index in [0.717, 1.165) is 4.90 Å². The van der Waals surface area contributed by atoms with Gasteiger partial charge in [0.2, 0.25) is 5.89 Å². The van der Waals surface area contributed by atoms with Crippen molar-refractivity contribution in [3.05, 3.63) is 40.3 Å². The number of nitro benzene ring substituents is 1. The molecular formula is C16H22N5O4+. The Morgan fingerprint density at radius 1 is 1.28 bits per heavy atom. The van der Waals surface area contributed by atoms with Crippen molar-refractivity contribution >= 4 is 11.6 Å². The molecule has 0 radical (unpaired) electrons. The first kappa shape index (κ1) is 18.5. The molecule has 2 rings (SSSR count). The molecule has 0 aliphatic heterocycles. The van der Waals surface area contributed by atoms with Crippen molar-refractivity contribution in [2.75, 3.05) is 13.6 Å². The lowest BCUT2D eigenvalue weighted by Gasteiger charge is -2.19. The van der Waals surface area contributed by atoms with Gasteiger partial charge in [-0.2, -0.15) is 0 Å². The van der Waals surface area contributed by atoms with E-state index in [-0.39, 0.29) is 36.1 Å². The predicted molar refractivity (Wildman–Crippen MR) is 89.8 cm³/mol. The first-order chi connectivity index (χ1) is 11.8. The van der Waals surface area contributed by atoms with Gasteiger partial charge < -0.3 is 14.6 Å². The fraction of sp³-hybridized carbons (Fsp3) is 0.438. The van der Waals surface area contributed by atoms with Crippen molar-refractivity contribution in [3.8, 4) is 11.5 Å². The van der Waals surface area contributed by atoms with E-state index in [4.69, 9.17) is 4.42 Å². The highest BCUT2D eigenvalue weighted by molar-refractivity contribution is 5.77. The monoisotopic (exact) mass is 348 g/mol. The summed E-state index contributed by atoms with van der Waals surface area (Å²) in [6.45, 7) is 6.00. The molecule has 1 unspecified atom stereocenters. The number of likely N-dealkylation sites (N-methyl/N-ethyl adjacent to an activating group) is 1. The number of benzene rings is 1. The smallest absolute Gasteiger partial charge is 0.275 e. The summed E-state index contributed by atoms with van der Waals surface area (Å²) in [5.41, 5.74) is 0.601.